The Morgan fingerprint density at radius 3 is 1.23 bits per heavy atom. The molecule has 2 heteroatoms. The van der Waals surface area contributed by atoms with Crippen molar-refractivity contribution in [3.63, 3.8) is 0 Å². The third kappa shape index (κ3) is 35.4. The minimum absolute atomic E-state index is 0.226. The minimum Gasteiger partial charge on any atom is -0.379 e. The number of ether oxygens (including phenoxy) is 2. The second-order valence-corrected chi connectivity index (χ2v) is 8.48. The summed E-state index contributed by atoms with van der Waals surface area (Å²) in [5.41, 5.74) is 0. The maximum atomic E-state index is 5.76. The lowest BCUT2D eigenvalue weighted by atomic mass is 10.1. The van der Waals surface area contributed by atoms with E-state index in [1.165, 1.54) is 96.3 Å². The fourth-order valence-electron chi connectivity index (χ4n) is 3.15. The molecule has 2 nitrogen and oxygen atoms in total. The molecule has 0 rings (SSSR count). The summed E-state index contributed by atoms with van der Waals surface area (Å²) in [4.78, 5) is 0. The van der Waals surface area contributed by atoms with Crippen LogP contribution in [0.3, 0.4) is 0 Å². The van der Waals surface area contributed by atoms with E-state index in [0.717, 1.165) is 19.6 Å². The van der Waals surface area contributed by atoms with Gasteiger partial charge >= 0.3 is 0 Å². The summed E-state index contributed by atoms with van der Waals surface area (Å²) in [6.07, 6.45) is 22.5. The third-order valence-corrected chi connectivity index (χ3v) is 5.24. The summed E-state index contributed by atoms with van der Waals surface area (Å²) in [6.45, 7) is 18.8. The van der Waals surface area contributed by atoms with Crippen LogP contribution in [0.1, 0.15) is 158 Å². The summed E-state index contributed by atoms with van der Waals surface area (Å²) in [5.74, 6) is 0. The molecule has 0 aliphatic carbocycles. The third-order valence-electron chi connectivity index (χ3n) is 5.24. The molecule has 186 valence electrons. The van der Waals surface area contributed by atoms with Gasteiger partial charge < -0.3 is 9.47 Å². The van der Waals surface area contributed by atoms with Crippen molar-refractivity contribution in [3.05, 3.63) is 0 Å². The number of rotatable bonds is 20. The summed E-state index contributed by atoms with van der Waals surface area (Å²) in [6, 6.07) is 0. The Morgan fingerprint density at radius 2 is 0.867 bits per heavy atom. The van der Waals surface area contributed by atoms with Crippen LogP contribution in [0, 0.1) is 0 Å². The van der Waals surface area contributed by atoms with Gasteiger partial charge in [-0.05, 0) is 26.7 Å². The zero-order valence-electron chi connectivity index (χ0n) is 22.7. The molecule has 2 unspecified atom stereocenters. The molecule has 2 atom stereocenters. The van der Waals surface area contributed by atoms with Crippen molar-refractivity contribution in [2.24, 2.45) is 0 Å². The Kier molecular flexibility index (Phi) is 38.6. The number of hydrogen-bond acceptors (Lipinski definition) is 2. The van der Waals surface area contributed by atoms with Crippen LogP contribution < -0.4 is 0 Å². The monoisotopic (exact) mass is 430 g/mol. The van der Waals surface area contributed by atoms with Crippen molar-refractivity contribution in [1.29, 1.82) is 0 Å². The van der Waals surface area contributed by atoms with E-state index in [1.807, 2.05) is 13.8 Å². The van der Waals surface area contributed by atoms with Crippen molar-refractivity contribution in [2.45, 2.75) is 170 Å². The standard InChI is InChI=1S/C17H36O2.C9H20.C2H6/c1-5-7-8-9-10-11-12-13-14-18-15-17(4)19-16(3)6-2;1-3-5-7-9-8-6-4-2;1-2/h16-17H,5-15H2,1-4H3;3-9H2,1-2H3;1-2H3. The smallest absolute Gasteiger partial charge is 0.0784 e. The zero-order chi connectivity index (χ0) is 23.3. The second kappa shape index (κ2) is 33.6. The molecule has 0 radical (unpaired) electrons. The highest BCUT2D eigenvalue weighted by molar-refractivity contribution is 4.53. The van der Waals surface area contributed by atoms with E-state index >= 15 is 0 Å². The van der Waals surface area contributed by atoms with Crippen molar-refractivity contribution in [3.8, 4) is 0 Å². The van der Waals surface area contributed by atoms with Gasteiger partial charge in [-0.1, -0.05) is 131 Å². The molecule has 0 bridgehead atoms. The molecule has 0 aromatic heterocycles. The second-order valence-electron chi connectivity index (χ2n) is 8.48. The molecule has 0 amide bonds. The van der Waals surface area contributed by atoms with Crippen LogP contribution in [0.5, 0.6) is 0 Å². The van der Waals surface area contributed by atoms with Crippen molar-refractivity contribution in [1.82, 2.24) is 0 Å². The first-order valence-corrected chi connectivity index (χ1v) is 13.8. The van der Waals surface area contributed by atoms with Gasteiger partial charge in [0.05, 0.1) is 18.8 Å². The molecule has 0 saturated heterocycles. The molecule has 0 heterocycles. The van der Waals surface area contributed by atoms with E-state index in [0.29, 0.717) is 6.10 Å². The lowest BCUT2D eigenvalue weighted by Crippen LogP contribution is -2.21. The quantitative estimate of drug-likeness (QED) is 0.179. The molecule has 0 aromatic carbocycles. The molecule has 0 N–H and O–H groups in total. The zero-order valence-corrected chi connectivity index (χ0v) is 22.7. The van der Waals surface area contributed by atoms with E-state index in [2.05, 4.69) is 41.5 Å². The van der Waals surface area contributed by atoms with Gasteiger partial charge in [0.25, 0.3) is 0 Å². The van der Waals surface area contributed by atoms with Crippen molar-refractivity contribution in [2.75, 3.05) is 13.2 Å². The molecule has 0 spiro atoms. The number of unbranched alkanes of at least 4 members (excludes halogenated alkanes) is 13. The van der Waals surface area contributed by atoms with Gasteiger partial charge in [0.1, 0.15) is 0 Å². The van der Waals surface area contributed by atoms with Crippen molar-refractivity contribution >= 4 is 0 Å². The first-order chi connectivity index (χ1) is 14.6. The van der Waals surface area contributed by atoms with Crippen LogP contribution in [0.25, 0.3) is 0 Å². The Bertz CT molecular complexity index is 249. The Hall–Kier alpha value is -0.0800. The van der Waals surface area contributed by atoms with E-state index in [9.17, 15) is 0 Å². The fraction of sp³-hybridized carbons (Fsp3) is 1.00. The van der Waals surface area contributed by atoms with E-state index in [1.54, 1.807) is 0 Å². The predicted molar refractivity (Wildman–Crippen MR) is 139 cm³/mol. The average molecular weight is 431 g/mol. The highest BCUT2D eigenvalue weighted by Gasteiger charge is 2.06. The molecular weight excluding hydrogens is 368 g/mol. The number of hydrogen-bond donors (Lipinski definition) is 0. The summed E-state index contributed by atoms with van der Waals surface area (Å²) >= 11 is 0. The van der Waals surface area contributed by atoms with Crippen molar-refractivity contribution < 1.29 is 9.47 Å². The first kappa shape index (κ1) is 34.5. The lowest BCUT2D eigenvalue weighted by Gasteiger charge is -2.17. The summed E-state index contributed by atoms with van der Waals surface area (Å²) in [5, 5.41) is 0. The van der Waals surface area contributed by atoms with E-state index in [-0.39, 0.29) is 6.10 Å². The Labute approximate surface area is 193 Å². The average Bonchev–Trinajstić information content (AvgIpc) is 2.76. The molecular formula is C28H62O2. The van der Waals surface area contributed by atoms with Crippen LogP contribution in [-0.2, 0) is 9.47 Å². The maximum Gasteiger partial charge on any atom is 0.0784 e. The normalized spacial score (nSPS) is 12.4. The van der Waals surface area contributed by atoms with E-state index < -0.39 is 0 Å². The summed E-state index contributed by atoms with van der Waals surface area (Å²) < 4.78 is 11.4. The SMILES string of the molecule is CC.CCCCCCCCC.CCCCCCCCCCOCC(C)OC(C)CC. The van der Waals surface area contributed by atoms with Crippen LogP contribution >= 0.6 is 0 Å². The van der Waals surface area contributed by atoms with E-state index in [4.69, 9.17) is 9.47 Å². The van der Waals surface area contributed by atoms with Gasteiger partial charge in [-0.2, -0.15) is 0 Å². The topological polar surface area (TPSA) is 18.5 Å². The van der Waals surface area contributed by atoms with Crippen LogP contribution in [0.15, 0.2) is 0 Å². The molecule has 0 aliphatic heterocycles. The van der Waals surface area contributed by atoms with Gasteiger partial charge in [-0.15, -0.1) is 0 Å². The largest absolute Gasteiger partial charge is 0.379 e. The first-order valence-electron chi connectivity index (χ1n) is 13.8. The van der Waals surface area contributed by atoms with Crippen LogP contribution in [-0.4, -0.2) is 25.4 Å². The van der Waals surface area contributed by atoms with Crippen LogP contribution in [0.4, 0.5) is 0 Å². The molecule has 0 aliphatic rings. The molecule has 0 fully saturated rings. The molecule has 30 heavy (non-hydrogen) atoms. The maximum absolute atomic E-state index is 5.76. The van der Waals surface area contributed by atoms with Gasteiger partial charge in [0.2, 0.25) is 0 Å². The summed E-state index contributed by atoms with van der Waals surface area (Å²) in [7, 11) is 0. The lowest BCUT2D eigenvalue weighted by molar-refractivity contribution is -0.0428. The Morgan fingerprint density at radius 1 is 0.500 bits per heavy atom. The highest BCUT2D eigenvalue weighted by atomic mass is 16.5. The molecule has 0 saturated carbocycles. The highest BCUT2D eigenvalue weighted by Crippen LogP contribution is 2.09. The fourth-order valence-corrected chi connectivity index (χ4v) is 3.15. The predicted octanol–water partition coefficient (Wildman–Crippen LogP) is 10.1. The van der Waals surface area contributed by atoms with Gasteiger partial charge in [0, 0.05) is 6.61 Å². The minimum atomic E-state index is 0.226. The van der Waals surface area contributed by atoms with Gasteiger partial charge in [0.15, 0.2) is 0 Å². The molecule has 0 aromatic rings. The Balaban J connectivity index is -0.000000554. The van der Waals surface area contributed by atoms with Gasteiger partial charge in [-0.25, -0.2) is 0 Å². The van der Waals surface area contributed by atoms with Crippen LogP contribution in [0.2, 0.25) is 0 Å². The van der Waals surface area contributed by atoms with Gasteiger partial charge in [-0.3, -0.25) is 0 Å².